The van der Waals surface area contributed by atoms with Gasteiger partial charge < -0.3 is 4.74 Å². The highest BCUT2D eigenvalue weighted by Crippen LogP contribution is 2.34. The molecule has 2 fully saturated rings. The molecule has 0 heterocycles. The molecule has 2 rings (SSSR count). The van der Waals surface area contributed by atoms with E-state index in [2.05, 4.69) is 13.8 Å². The standard InChI is InChI=1S/C25H48O/c1-3-5-7-8-10-12-23-17-19-25(20-18-23)26-21-24-15-13-22(14-16-24)11-9-6-4-2/h22-25H,3-21H2,1-2H3. The first-order chi connectivity index (χ1) is 12.8. The molecule has 0 amide bonds. The molecule has 0 aromatic rings. The monoisotopic (exact) mass is 364 g/mol. The van der Waals surface area contributed by atoms with E-state index in [0.717, 1.165) is 24.4 Å². The zero-order valence-electron chi connectivity index (χ0n) is 18.2. The third-order valence-corrected chi connectivity index (χ3v) is 7.26. The van der Waals surface area contributed by atoms with Crippen LogP contribution in [0.25, 0.3) is 0 Å². The lowest BCUT2D eigenvalue weighted by Crippen LogP contribution is -2.26. The molecular formula is C25H48O. The molecular weight excluding hydrogens is 316 g/mol. The molecule has 0 aromatic heterocycles. The minimum Gasteiger partial charge on any atom is -0.378 e. The van der Waals surface area contributed by atoms with Crippen molar-refractivity contribution in [2.24, 2.45) is 17.8 Å². The maximum atomic E-state index is 6.36. The Morgan fingerprint density at radius 3 is 1.62 bits per heavy atom. The van der Waals surface area contributed by atoms with E-state index in [1.54, 1.807) is 0 Å². The lowest BCUT2D eigenvalue weighted by Gasteiger charge is -2.32. The van der Waals surface area contributed by atoms with E-state index in [9.17, 15) is 0 Å². The Kier molecular flexibility index (Phi) is 12.0. The van der Waals surface area contributed by atoms with Crippen molar-refractivity contribution in [2.75, 3.05) is 6.61 Å². The first-order valence-corrected chi connectivity index (χ1v) is 12.4. The Balaban J connectivity index is 1.46. The molecule has 1 nitrogen and oxygen atoms in total. The van der Waals surface area contributed by atoms with E-state index in [0.29, 0.717) is 6.10 Å². The predicted molar refractivity (Wildman–Crippen MR) is 115 cm³/mol. The van der Waals surface area contributed by atoms with Crippen LogP contribution in [0.1, 0.15) is 129 Å². The van der Waals surface area contributed by atoms with Gasteiger partial charge in [-0.2, -0.15) is 0 Å². The average Bonchev–Trinajstić information content (AvgIpc) is 2.68. The fourth-order valence-corrected chi connectivity index (χ4v) is 5.27. The van der Waals surface area contributed by atoms with Gasteiger partial charge in [0.15, 0.2) is 0 Å². The maximum Gasteiger partial charge on any atom is 0.0575 e. The van der Waals surface area contributed by atoms with Crippen LogP contribution >= 0.6 is 0 Å². The molecule has 0 unspecified atom stereocenters. The van der Waals surface area contributed by atoms with E-state index >= 15 is 0 Å². The van der Waals surface area contributed by atoms with Crippen molar-refractivity contribution in [1.82, 2.24) is 0 Å². The molecule has 0 aromatic carbocycles. The van der Waals surface area contributed by atoms with Crippen molar-refractivity contribution >= 4 is 0 Å². The molecule has 0 bridgehead atoms. The van der Waals surface area contributed by atoms with Crippen molar-refractivity contribution in [2.45, 2.75) is 136 Å². The maximum absolute atomic E-state index is 6.36. The van der Waals surface area contributed by atoms with Crippen LogP contribution in [-0.4, -0.2) is 12.7 Å². The highest BCUT2D eigenvalue weighted by Gasteiger charge is 2.24. The number of hydrogen-bond donors (Lipinski definition) is 0. The van der Waals surface area contributed by atoms with Crippen LogP contribution in [0.3, 0.4) is 0 Å². The summed E-state index contributed by atoms with van der Waals surface area (Å²) in [6.45, 7) is 5.68. The molecule has 2 saturated carbocycles. The zero-order chi connectivity index (χ0) is 18.5. The van der Waals surface area contributed by atoms with Gasteiger partial charge in [-0.3, -0.25) is 0 Å². The average molecular weight is 365 g/mol. The summed E-state index contributed by atoms with van der Waals surface area (Å²) in [5.74, 6) is 2.91. The smallest absolute Gasteiger partial charge is 0.0575 e. The Labute approximate surface area is 165 Å². The van der Waals surface area contributed by atoms with Crippen LogP contribution in [0.2, 0.25) is 0 Å². The second kappa shape index (κ2) is 14.0. The van der Waals surface area contributed by atoms with Crippen LogP contribution in [0.15, 0.2) is 0 Å². The molecule has 0 saturated heterocycles. The van der Waals surface area contributed by atoms with E-state index in [4.69, 9.17) is 4.74 Å². The molecule has 2 aliphatic carbocycles. The van der Waals surface area contributed by atoms with Gasteiger partial charge in [0.25, 0.3) is 0 Å². The van der Waals surface area contributed by atoms with Gasteiger partial charge in [0, 0.05) is 6.61 Å². The minimum absolute atomic E-state index is 0.591. The van der Waals surface area contributed by atoms with Gasteiger partial charge in [0.05, 0.1) is 6.10 Å². The molecule has 0 spiro atoms. The molecule has 2 aliphatic rings. The number of unbranched alkanes of at least 4 members (excludes halogenated alkanes) is 6. The van der Waals surface area contributed by atoms with Crippen molar-refractivity contribution in [3.63, 3.8) is 0 Å². The quantitative estimate of drug-likeness (QED) is 0.298. The molecule has 0 radical (unpaired) electrons. The fourth-order valence-electron chi connectivity index (χ4n) is 5.27. The summed E-state index contributed by atoms with van der Waals surface area (Å²) in [4.78, 5) is 0. The summed E-state index contributed by atoms with van der Waals surface area (Å²) >= 11 is 0. The minimum atomic E-state index is 0.591. The number of ether oxygens (including phenoxy) is 1. The van der Waals surface area contributed by atoms with Crippen molar-refractivity contribution < 1.29 is 4.74 Å². The topological polar surface area (TPSA) is 9.23 Å². The van der Waals surface area contributed by atoms with Gasteiger partial charge in [-0.25, -0.2) is 0 Å². The van der Waals surface area contributed by atoms with E-state index in [1.807, 2.05) is 0 Å². The van der Waals surface area contributed by atoms with Crippen molar-refractivity contribution in [3.8, 4) is 0 Å². The van der Waals surface area contributed by atoms with Gasteiger partial charge in [0.2, 0.25) is 0 Å². The Morgan fingerprint density at radius 2 is 1.00 bits per heavy atom. The predicted octanol–water partition coefficient (Wildman–Crippen LogP) is 8.31. The molecule has 0 aliphatic heterocycles. The second-order valence-corrected chi connectivity index (χ2v) is 9.56. The molecule has 0 N–H and O–H groups in total. The van der Waals surface area contributed by atoms with Crippen LogP contribution in [-0.2, 0) is 4.74 Å². The lowest BCUT2D eigenvalue weighted by molar-refractivity contribution is -0.0104. The molecule has 1 heteroatoms. The molecule has 0 atom stereocenters. The molecule has 154 valence electrons. The van der Waals surface area contributed by atoms with Gasteiger partial charge in [-0.15, -0.1) is 0 Å². The number of hydrogen-bond acceptors (Lipinski definition) is 1. The second-order valence-electron chi connectivity index (χ2n) is 9.56. The third-order valence-electron chi connectivity index (χ3n) is 7.26. The van der Waals surface area contributed by atoms with E-state index in [1.165, 1.54) is 116 Å². The normalized spacial score (nSPS) is 29.8. The Hall–Kier alpha value is -0.0400. The Bertz CT molecular complexity index is 310. The largest absolute Gasteiger partial charge is 0.378 e. The van der Waals surface area contributed by atoms with Crippen molar-refractivity contribution in [3.05, 3.63) is 0 Å². The van der Waals surface area contributed by atoms with Crippen molar-refractivity contribution in [1.29, 1.82) is 0 Å². The highest BCUT2D eigenvalue weighted by molar-refractivity contribution is 4.76. The summed E-state index contributed by atoms with van der Waals surface area (Å²) in [7, 11) is 0. The summed E-state index contributed by atoms with van der Waals surface area (Å²) in [5, 5.41) is 0. The fraction of sp³-hybridized carbons (Fsp3) is 1.00. The van der Waals surface area contributed by atoms with E-state index < -0.39 is 0 Å². The summed E-state index contributed by atoms with van der Waals surface area (Å²) in [6.07, 6.45) is 26.4. The van der Waals surface area contributed by atoms with Gasteiger partial charge in [-0.1, -0.05) is 90.9 Å². The van der Waals surface area contributed by atoms with Crippen LogP contribution in [0.5, 0.6) is 0 Å². The first-order valence-electron chi connectivity index (χ1n) is 12.4. The van der Waals surface area contributed by atoms with Gasteiger partial charge in [0.1, 0.15) is 0 Å². The number of rotatable bonds is 13. The summed E-state index contributed by atoms with van der Waals surface area (Å²) < 4.78 is 6.36. The van der Waals surface area contributed by atoms with Crippen LogP contribution in [0.4, 0.5) is 0 Å². The SMILES string of the molecule is CCCCCCCC1CCC(OCC2CCC(CCCCC)CC2)CC1. The van der Waals surface area contributed by atoms with Crippen LogP contribution in [0, 0.1) is 17.8 Å². The Morgan fingerprint density at radius 1 is 0.538 bits per heavy atom. The van der Waals surface area contributed by atoms with Gasteiger partial charge >= 0.3 is 0 Å². The zero-order valence-corrected chi connectivity index (χ0v) is 18.2. The summed E-state index contributed by atoms with van der Waals surface area (Å²) in [6, 6.07) is 0. The van der Waals surface area contributed by atoms with Gasteiger partial charge in [-0.05, 0) is 56.3 Å². The third kappa shape index (κ3) is 9.25. The van der Waals surface area contributed by atoms with E-state index in [-0.39, 0.29) is 0 Å². The molecule has 26 heavy (non-hydrogen) atoms. The highest BCUT2D eigenvalue weighted by atomic mass is 16.5. The lowest BCUT2D eigenvalue weighted by atomic mass is 9.80. The summed E-state index contributed by atoms with van der Waals surface area (Å²) in [5.41, 5.74) is 0. The van der Waals surface area contributed by atoms with Crippen LogP contribution < -0.4 is 0 Å². The first kappa shape index (κ1) is 22.3.